The summed E-state index contributed by atoms with van der Waals surface area (Å²) in [6.45, 7) is 8.01. The van der Waals surface area contributed by atoms with E-state index in [0.29, 0.717) is 18.2 Å². The Morgan fingerprint density at radius 2 is 2.00 bits per heavy atom. The Hall–Kier alpha value is -0.120. The van der Waals surface area contributed by atoms with Crippen molar-refractivity contribution in [1.82, 2.24) is 10.2 Å². The van der Waals surface area contributed by atoms with Crippen LogP contribution in [0.15, 0.2) is 0 Å². The van der Waals surface area contributed by atoms with E-state index in [1.807, 2.05) is 0 Å². The summed E-state index contributed by atoms with van der Waals surface area (Å²) in [6, 6.07) is 2.12. The highest BCUT2D eigenvalue weighted by Crippen LogP contribution is 2.41. The van der Waals surface area contributed by atoms with Gasteiger partial charge >= 0.3 is 0 Å². The molecule has 0 spiro atoms. The van der Waals surface area contributed by atoms with Gasteiger partial charge in [0.05, 0.1) is 6.10 Å². The minimum atomic E-state index is 0.551. The molecule has 3 nitrogen and oxygen atoms in total. The van der Waals surface area contributed by atoms with Gasteiger partial charge in [-0.1, -0.05) is 13.8 Å². The largest absolute Gasteiger partial charge is 0.376 e. The van der Waals surface area contributed by atoms with Crippen molar-refractivity contribution in [2.45, 2.75) is 70.2 Å². The minimum Gasteiger partial charge on any atom is -0.376 e. The van der Waals surface area contributed by atoms with Crippen molar-refractivity contribution in [3.8, 4) is 0 Å². The normalized spacial score (nSPS) is 42.3. The molecule has 3 heteroatoms. The van der Waals surface area contributed by atoms with Gasteiger partial charge < -0.3 is 10.1 Å². The molecule has 18 heavy (non-hydrogen) atoms. The van der Waals surface area contributed by atoms with Crippen molar-refractivity contribution in [2.24, 2.45) is 5.92 Å². The third kappa shape index (κ3) is 2.45. The fourth-order valence-corrected chi connectivity index (χ4v) is 3.78. The summed E-state index contributed by atoms with van der Waals surface area (Å²) in [4.78, 5) is 2.79. The van der Waals surface area contributed by atoms with Crippen molar-refractivity contribution in [1.29, 1.82) is 0 Å². The van der Waals surface area contributed by atoms with Gasteiger partial charge in [-0.2, -0.15) is 0 Å². The summed E-state index contributed by atoms with van der Waals surface area (Å²) in [5.41, 5.74) is 0. The summed E-state index contributed by atoms with van der Waals surface area (Å²) in [5.74, 6) is 0.880. The molecule has 3 fully saturated rings. The minimum absolute atomic E-state index is 0.551. The first-order valence-electron chi connectivity index (χ1n) is 7.94. The lowest BCUT2D eigenvalue weighted by atomic mass is 9.97. The molecule has 1 N–H and O–H groups in total. The predicted molar refractivity (Wildman–Crippen MR) is 73.7 cm³/mol. The van der Waals surface area contributed by atoms with Crippen LogP contribution in [0.5, 0.6) is 0 Å². The van der Waals surface area contributed by atoms with Crippen LogP contribution in [0.25, 0.3) is 0 Å². The molecule has 2 aliphatic heterocycles. The van der Waals surface area contributed by atoms with Gasteiger partial charge in [-0.05, 0) is 38.0 Å². The summed E-state index contributed by atoms with van der Waals surface area (Å²) in [5, 5.41) is 3.70. The Labute approximate surface area is 111 Å². The van der Waals surface area contributed by atoms with Gasteiger partial charge in [0.25, 0.3) is 0 Å². The predicted octanol–water partition coefficient (Wildman–Crippen LogP) is 2.02. The van der Waals surface area contributed by atoms with Gasteiger partial charge in [0.1, 0.15) is 0 Å². The molecule has 3 rings (SSSR count). The first-order valence-corrected chi connectivity index (χ1v) is 7.94. The van der Waals surface area contributed by atoms with Crippen LogP contribution in [0, 0.1) is 5.92 Å². The van der Waals surface area contributed by atoms with Crippen LogP contribution in [-0.2, 0) is 4.74 Å². The third-order valence-electron chi connectivity index (χ3n) is 5.12. The van der Waals surface area contributed by atoms with Crippen LogP contribution in [0.1, 0.15) is 46.0 Å². The molecule has 4 atom stereocenters. The Morgan fingerprint density at radius 1 is 1.17 bits per heavy atom. The average molecular weight is 252 g/mol. The lowest BCUT2D eigenvalue weighted by molar-refractivity contribution is 0.0108. The van der Waals surface area contributed by atoms with E-state index in [0.717, 1.165) is 18.6 Å². The second kappa shape index (κ2) is 5.48. The maximum absolute atomic E-state index is 6.04. The van der Waals surface area contributed by atoms with E-state index in [1.54, 1.807) is 0 Å². The number of piperazine rings is 1. The molecular formula is C15H28N2O. The standard InChI is InChI=1S/C15H28N2O/c1-3-12-10-17(13(4-2)9-16-12)14-7-8-18-15(14)11-5-6-11/h11-16H,3-10H2,1-2H3. The highest BCUT2D eigenvalue weighted by molar-refractivity contribution is 4.99. The molecule has 3 aliphatic rings. The van der Waals surface area contributed by atoms with Gasteiger partial charge in [0, 0.05) is 37.8 Å². The molecule has 0 amide bonds. The number of nitrogens with zero attached hydrogens (tertiary/aromatic N) is 1. The maximum Gasteiger partial charge on any atom is 0.0759 e. The molecular weight excluding hydrogens is 224 g/mol. The lowest BCUT2D eigenvalue weighted by Gasteiger charge is -2.44. The first-order chi connectivity index (χ1) is 8.83. The summed E-state index contributed by atoms with van der Waals surface area (Å²) >= 11 is 0. The Bertz CT molecular complexity index is 280. The number of rotatable bonds is 4. The smallest absolute Gasteiger partial charge is 0.0759 e. The highest BCUT2D eigenvalue weighted by atomic mass is 16.5. The monoisotopic (exact) mass is 252 g/mol. The van der Waals surface area contributed by atoms with E-state index in [-0.39, 0.29) is 0 Å². The first kappa shape index (κ1) is 12.9. The zero-order valence-electron chi connectivity index (χ0n) is 11.9. The van der Waals surface area contributed by atoms with Gasteiger partial charge in [-0.15, -0.1) is 0 Å². The Kier molecular flexibility index (Phi) is 3.92. The van der Waals surface area contributed by atoms with E-state index in [9.17, 15) is 0 Å². The summed E-state index contributed by atoms with van der Waals surface area (Å²) in [7, 11) is 0. The third-order valence-corrected chi connectivity index (χ3v) is 5.12. The maximum atomic E-state index is 6.04. The summed E-state index contributed by atoms with van der Waals surface area (Å²) < 4.78 is 6.04. The molecule has 1 aliphatic carbocycles. The van der Waals surface area contributed by atoms with E-state index < -0.39 is 0 Å². The molecule has 0 radical (unpaired) electrons. The van der Waals surface area contributed by atoms with E-state index in [1.165, 1.54) is 45.2 Å². The van der Waals surface area contributed by atoms with Crippen molar-refractivity contribution in [3.63, 3.8) is 0 Å². The molecule has 2 saturated heterocycles. The van der Waals surface area contributed by atoms with Crippen LogP contribution in [-0.4, -0.2) is 48.8 Å². The molecule has 0 bridgehead atoms. The molecule has 104 valence electrons. The van der Waals surface area contributed by atoms with E-state index in [2.05, 4.69) is 24.1 Å². The van der Waals surface area contributed by atoms with Crippen molar-refractivity contribution in [3.05, 3.63) is 0 Å². The average Bonchev–Trinajstić information content (AvgIpc) is 3.15. The molecule has 4 unspecified atom stereocenters. The van der Waals surface area contributed by atoms with Gasteiger partial charge in [-0.3, -0.25) is 4.90 Å². The molecule has 2 heterocycles. The zero-order valence-corrected chi connectivity index (χ0v) is 11.9. The zero-order chi connectivity index (χ0) is 12.5. The fraction of sp³-hybridized carbons (Fsp3) is 1.00. The van der Waals surface area contributed by atoms with Crippen molar-refractivity contribution >= 4 is 0 Å². The van der Waals surface area contributed by atoms with Gasteiger partial charge in [0.15, 0.2) is 0 Å². The number of ether oxygens (including phenoxy) is 1. The van der Waals surface area contributed by atoms with Crippen LogP contribution >= 0.6 is 0 Å². The highest BCUT2D eigenvalue weighted by Gasteiger charge is 2.45. The van der Waals surface area contributed by atoms with Crippen LogP contribution < -0.4 is 5.32 Å². The van der Waals surface area contributed by atoms with Crippen LogP contribution in [0.4, 0.5) is 0 Å². The van der Waals surface area contributed by atoms with Gasteiger partial charge in [-0.25, -0.2) is 0 Å². The van der Waals surface area contributed by atoms with E-state index >= 15 is 0 Å². The van der Waals surface area contributed by atoms with Crippen molar-refractivity contribution in [2.75, 3.05) is 19.7 Å². The Morgan fingerprint density at radius 3 is 2.67 bits per heavy atom. The van der Waals surface area contributed by atoms with Crippen LogP contribution in [0.3, 0.4) is 0 Å². The van der Waals surface area contributed by atoms with E-state index in [4.69, 9.17) is 4.74 Å². The van der Waals surface area contributed by atoms with Gasteiger partial charge in [0.2, 0.25) is 0 Å². The number of hydrogen-bond donors (Lipinski definition) is 1. The molecule has 0 aromatic carbocycles. The summed E-state index contributed by atoms with van der Waals surface area (Å²) in [6.07, 6.45) is 7.12. The second-order valence-corrected chi connectivity index (χ2v) is 6.30. The molecule has 1 saturated carbocycles. The lowest BCUT2D eigenvalue weighted by Crippen LogP contribution is -2.60. The molecule has 0 aromatic heterocycles. The fourth-order valence-electron chi connectivity index (χ4n) is 3.78. The topological polar surface area (TPSA) is 24.5 Å². The van der Waals surface area contributed by atoms with Crippen molar-refractivity contribution < 1.29 is 4.74 Å². The second-order valence-electron chi connectivity index (χ2n) is 6.30. The van der Waals surface area contributed by atoms with Crippen LogP contribution in [0.2, 0.25) is 0 Å². The quantitative estimate of drug-likeness (QED) is 0.828. The Balaban J connectivity index is 1.70. The molecule has 0 aromatic rings. The number of hydrogen-bond acceptors (Lipinski definition) is 3. The number of nitrogens with one attached hydrogen (secondary N) is 1. The SMILES string of the molecule is CCC1CN(C2CCOC2C2CC2)C(CC)CN1.